The summed E-state index contributed by atoms with van der Waals surface area (Å²) in [6.45, 7) is 3.96. The van der Waals surface area contributed by atoms with E-state index in [0.717, 1.165) is 28.7 Å². The van der Waals surface area contributed by atoms with Crippen LogP contribution in [0, 0.1) is 13.8 Å². The van der Waals surface area contributed by atoms with Gasteiger partial charge in [-0.1, -0.05) is 15.9 Å². The highest BCUT2D eigenvalue weighted by molar-refractivity contribution is 9.09. The average molecular weight is 291 g/mol. The number of carbonyl (C=O) groups excluding carboxylic acids is 1. The molecule has 0 atom stereocenters. The standard InChI is InChI=1S/C10H15BrN2OS/c1-7-8(2)15-10(12-7)13-9(14)5-3-4-6-11/h3-6H2,1-2H3,(H,12,13,14). The highest BCUT2D eigenvalue weighted by Crippen LogP contribution is 2.21. The second kappa shape index (κ2) is 6.23. The molecule has 0 unspecified atom stereocenters. The van der Waals surface area contributed by atoms with Crippen LogP contribution in [0.25, 0.3) is 0 Å². The number of halogens is 1. The number of nitrogens with zero attached hydrogens (tertiary/aromatic N) is 1. The van der Waals surface area contributed by atoms with Crippen molar-refractivity contribution in [3.8, 4) is 0 Å². The van der Waals surface area contributed by atoms with Gasteiger partial charge in [0.25, 0.3) is 0 Å². The zero-order chi connectivity index (χ0) is 11.3. The Morgan fingerprint density at radius 3 is 2.73 bits per heavy atom. The number of aromatic nitrogens is 1. The first-order chi connectivity index (χ1) is 7.13. The Morgan fingerprint density at radius 2 is 2.20 bits per heavy atom. The van der Waals surface area contributed by atoms with Crippen LogP contribution in [-0.2, 0) is 4.79 Å². The first-order valence-electron chi connectivity index (χ1n) is 4.93. The van der Waals surface area contributed by atoms with Gasteiger partial charge in [0, 0.05) is 16.6 Å². The summed E-state index contributed by atoms with van der Waals surface area (Å²) in [4.78, 5) is 16.9. The maximum Gasteiger partial charge on any atom is 0.226 e. The third-order valence-electron chi connectivity index (χ3n) is 2.06. The molecule has 3 nitrogen and oxygen atoms in total. The largest absolute Gasteiger partial charge is 0.302 e. The van der Waals surface area contributed by atoms with Crippen LogP contribution in [0.2, 0.25) is 0 Å². The van der Waals surface area contributed by atoms with E-state index >= 15 is 0 Å². The van der Waals surface area contributed by atoms with Crippen LogP contribution in [0.3, 0.4) is 0 Å². The van der Waals surface area contributed by atoms with Gasteiger partial charge in [-0.3, -0.25) is 4.79 Å². The predicted octanol–water partition coefficient (Wildman–Crippen LogP) is 3.26. The average Bonchev–Trinajstić information content (AvgIpc) is 2.46. The van der Waals surface area contributed by atoms with Gasteiger partial charge >= 0.3 is 0 Å². The third kappa shape index (κ3) is 4.30. The summed E-state index contributed by atoms with van der Waals surface area (Å²) in [6.07, 6.45) is 2.52. The molecule has 15 heavy (non-hydrogen) atoms. The number of anilines is 1. The molecule has 1 aromatic heterocycles. The van der Waals surface area contributed by atoms with E-state index in [1.807, 2.05) is 13.8 Å². The Labute approximate surface area is 102 Å². The SMILES string of the molecule is Cc1nc(NC(=O)CCCCBr)sc1C. The minimum atomic E-state index is 0.0599. The summed E-state index contributed by atoms with van der Waals surface area (Å²) >= 11 is 4.87. The van der Waals surface area contributed by atoms with Crippen LogP contribution in [-0.4, -0.2) is 16.2 Å². The Hall–Kier alpha value is -0.420. The lowest BCUT2D eigenvalue weighted by Crippen LogP contribution is -2.10. The Kier molecular flexibility index (Phi) is 5.25. The quantitative estimate of drug-likeness (QED) is 0.668. The van der Waals surface area contributed by atoms with Gasteiger partial charge in [-0.25, -0.2) is 4.98 Å². The van der Waals surface area contributed by atoms with Crippen molar-refractivity contribution in [3.63, 3.8) is 0 Å². The zero-order valence-electron chi connectivity index (χ0n) is 8.97. The molecule has 1 aromatic rings. The smallest absolute Gasteiger partial charge is 0.226 e. The Balaban J connectivity index is 2.37. The van der Waals surface area contributed by atoms with Gasteiger partial charge in [0.2, 0.25) is 5.91 Å². The Bertz CT molecular complexity index is 319. The van der Waals surface area contributed by atoms with Crippen LogP contribution in [0.15, 0.2) is 0 Å². The van der Waals surface area contributed by atoms with Gasteiger partial charge in [-0.2, -0.15) is 0 Å². The van der Waals surface area contributed by atoms with E-state index in [9.17, 15) is 4.79 Å². The number of alkyl halides is 1. The minimum Gasteiger partial charge on any atom is -0.302 e. The maximum absolute atomic E-state index is 11.4. The maximum atomic E-state index is 11.4. The Morgan fingerprint density at radius 1 is 1.47 bits per heavy atom. The number of hydrogen-bond donors (Lipinski definition) is 1. The fraction of sp³-hybridized carbons (Fsp3) is 0.600. The molecule has 0 aliphatic carbocycles. The topological polar surface area (TPSA) is 42.0 Å². The molecule has 0 saturated carbocycles. The third-order valence-corrected chi connectivity index (χ3v) is 3.61. The van der Waals surface area contributed by atoms with Crippen LogP contribution >= 0.6 is 27.3 Å². The number of unbranched alkanes of at least 4 members (excludes halogenated alkanes) is 1. The molecule has 1 N–H and O–H groups in total. The van der Waals surface area contributed by atoms with E-state index in [4.69, 9.17) is 0 Å². The predicted molar refractivity (Wildman–Crippen MR) is 67.9 cm³/mol. The van der Waals surface area contributed by atoms with E-state index in [2.05, 4.69) is 26.2 Å². The van der Waals surface area contributed by atoms with Crippen molar-refractivity contribution in [1.82, 2.24) is 4.98 Å². The number of nitrogens with one attached hydrogen (secondary N) is 1. The normalized spacial score (nSPS) is 10.3. The molecule has 0 radical (unpaired) electrons. The monoisotopic (exact) mass is 290 g/mol. The van der Waals surface area contributed by atoms with Crippen molar-refractivity contribution in [2.75, 3.05) is 10.6 Å². The molecule has 1 heterocycles. The summed E-state index contributed by atoms with van der Waals surface area (Å²) in [6, 6.07) is 0. The lowest BCUT2D eigenvalue weighted by molar-refractivity contribution is -0.116. The van der Waals surface area contributed by atoms with Crippen molar-refractivity contribution in [2.24, 2.45) is 0 Å². The van der Waals surface area contributed by atoms with E-state index in [-0.39, 0.29) is 5.91 Å². The van der Waals surface area contributed by atoms with Gasteiger partial charge < -0.3 is 5.32 Å². The van der Waals surface area contributed by atoms with E-state index < -0.39 is 0 Å². The fourth-order valence-corrected chi connectivity index (χ4v) is 2.32. The summed E-state index contributed by atoms with van der Waals surface area (Å²) in [5.41, 5.74) is 0.996. The second-order valence-corrected chi connectivity index (χ2v) is 5.35. The molecule has 5 heteroatoms. The van der Waals surface area contributed by atoms with Crippen LogP contribution in [0.5, 0.6) is 0 Å². The molecular weight excluding hydrogens is 276 g/mol. The zero-order valence-corrected chi connectivity index (χ0v) is 11.4. The molecule has 1 rings (SSSR count). The van der Waals surface area contributed by atoms with Gasteiger partial charge in [0.15, 0.2) is 5.13 Å². The molecule has 1 amide bonds. The summed E-state index contributed by atoms with van der Waals surface area (Å²) < 4.78 is 0. The van der Waals surface area contributed by atoms with Crippen molar-refractivity contribution >= 4 is 38.3 Å². The molecule has 0 aromatic carbocycles. The highest BCUT2D eigenvalue weighted by atomic mass is 79.9. The van der Waals surface area contributed by atoms with Crippen molar-refractivity contribution in [1.29, 1.82) is 0 Å². The molecule has 84 valence electrons. The van der Waals surface area contributed by atoms with Crippen molar-refractivity contribution < 1.29 is 4.79 Å². The molecule has 0 saturated heterocycles. The molecule has 0 spiro atoms. The lowest BCUT2D eigenvalue weighted by Gasteiger charge is -1.99. The number of carbonyl (C=O) groups is 1. The van der Waals surface area contributed by atoms with E-state index in [1.165, 1.54) is 11.3 Å². The van der Waals surface area contributed by atoms with Crippen LogP contribution in [0.1, 0.15) is 29.8 Å². The first-order valence-corrected chi connectivity index (χ1v) is 6.87. The second-order valence-electron chi connectivity index (χ2n) is 3.35. The van der Waals surface area contributed by atoms with Gasteiger partial charge in [-0.05, 0) is 26.7 Å². The molecule has 0 bridgehead atoms. The van der Waals surface area contributed by atoms with Crippen molar-refractivity contribution in [3.05, 3.63) is 10.6 Å². The van der Waals surface area contributed by atoms with E-state index in [1.54, 1.807) is 0 Å². The minimum absolute atomic E-state index is 0.0599. The van der Waals surface area contributed by atoms with Crippen LogP contribution < -0.4 is 5.32 Å². The highest BCUT2D eigenvalue weighted by Gasteiger charge is 2.07. The van der Waals surface area contributed by atoms with Gasteiger partial charge in [0.05, 0.1) is 5.69 Å². The lowest BCUT2D eigenvalue weighted by atomic mass is 10.2. The summed E-state index contributed by atoms with van der Waals surface area (Å²) in [5.74, 6) is 0.0599. The number of rotatable bonds is 5. The van der Waals surface area contributed by atoms with E-state index in [0.29, 0.717) is 11.6 Å². The molecule has 0 aliphatic rings. The summed E-state index contributed by atoms with van der Waals surface area (Å²) in [5, 5.41) is 4.49. The number of thiazole rings is 1. The first kappa shape index (κ1) is 12.6. The molecule has 0 aliphatic heterocycles. The van der Waals surface area contributed by atoms with Crippen molar-refractivity contribution in [2.45, 2.75) is 33.1 Å². The molecular formula is C10H15BrN2OS. The number of hydrogen-bond acceptors (Lipinski definition) is 3. The number of amides is 1. The summed E-state index contributed by atoms with van der Waals surface area (Å²) in [7, 11) is 0. The fourth-order valence-electron chi connectivity index (χ4n) is 1.09. The van der Waals surface area contributed by atoms with Crippen LogP contribution in [0.4, 0.5) is 5.13 Å². The van der Waals surface area contributed by atoms with Gasteiger partial charge in [-0.15, -0.1) is 11.3 Å². The molecule has 0 fully saturated rings. The number of aryl methyl sites for hydroxylation is 2. The van der Waals surface area contributed by atoms with Gasteiger partial charge in [0.1, 0.15) is 0 Å².